The molecule has 0 saturated heterocycles. The molecule has 2 rings (SSSR count). The van der Waals surface area contributed by atoms with Crippen LogP contribution in [0.3, 0.4) is 0 Å². The fourth-order valence-corrected chi connectivity index (χ4v) is 1.74. The van der Waals surface area contributed by atoms with E-state index in [2.05, 4.69) is 40.1 Å². The van der Waals surface area contributed by atoms with Gasteiger partial charge in [-0.15, -0.1) is 0 Å². The minimum atomic E-state index is 1.03. The van der Waals surface area contributed by atoms with Gasteiger partial charge in [0.2, 0.25) is 0 Å². The Balaban J connectivity index is 2.58. The summed E-state index contributed by atoms with van der Waals surface area (Å²) in [6.07, 6.45) is 4.71. The van der Waals surface area contributed by atoms with E-state index in [4.69, 9.17) is 0 Å². The van der Waals surface area contributed by atoms with Crippen LogP contribution >= 0.6 is 15.9 Å². The first kappa shape index (κ1) is 9.41. The Bertz CT molecular complexity index is 437. The molecule has 1 aromatic carbocycles. The third-order valence-corrected chi connectivity index (χ3v) is 3.03. The molecule has 1 aromatic heterocycles. The Morgan fingerprint density at radius 3 is 2.79 bits per heavy atom. The molecule has 0 saturated carbocycles. The largest absolute Gasteiger partial charge is 0.254 e. The number of nitrogens with zero attached hydrogens (tertiary/aromatic N) is 1. The predicted molar refractivity (Wildman–Crippen MR) is 60.9 cm³/mol. The molecule has 0 atom stereocenters. The average molecular weight is 247 g/mol. The second-order valence-electron chi connectivity index (χ2n) is 3.08. The number of benzene rings is 1. The number of hydrogen-bond donors (Lipinski definition) is 0. The lowest BCUT2D eigenvalue weighted by atomic mass is 10.0. The molecule has 0 unspecified atom stereocenters. The first-order valence-electron chi connectivity index (χ1n) is 4.37. The van der Waals surface area contributed by atoms with Crippen molar-refractivity contribution in [1.82, 2.24) is 4.98 Å². The highest BCUT2D eigenvalue weighted by Crippen LogP contribution is 2.27. The first-order valence-corrected chi connectivity index (χ1v) is 5.16. The summed E-state index contributed by atoms with van der Waals surface area (Å²) in [4.78, 5) is 3.99. The van der Waals surface area contributed by atoms with Crippen LogP contribution in [-0.4, -0.2) is 4.98 Å². The normalized spacial score (nSPS) is 10.1. The van der Waals surface area contributed by atoms with Crippen LogP contribution in [0, 0.1) is 13.1 Å². The van der Waals surface area contributed by atoms with Crippen molar-refractivity contribution in [2.45, 2.75) is 6.92 Å². The minimum Gasteiger partial charge on any atom is -0.254 e. The van der Waals surface area contributed by atoms with Crippen LogP contribution in [0.5, 0.6) is 0 Å². The standard InChI is InChI=1S/C12H9BrN/c1-9-11(5-2-6-12(9)13)10-4-3-7-14-8-10/h2-7H,1H3. The molecule has 0 N–H and O–H groups in total. The van der Waals surface area contributed by atoms with E-state index in [1.807, 2.05) is 24.3 Å². The van der Waals surface area contributed by atoms with Crippen LogP contribution in [0.2, 0.25) is 0 Å². The quantitative estimate of drug-likeness (QED) is 0.749. The van der Waals surface area contributed by atoms with E-state index in [0.717, 1.165) is 10.0 Å². The number of halogens is 1. The Hall–Kier alpha value is -1.15. The molecule has 0 aliphatic carbocycles. The summed E-state index contributed by atoms with van der Waals surface area (Å²) in [5, 5.41) is 0. The molecule has 0 bridgehead atoms. The van der Waals surface area contributed by atoms with Crippen molar-refractivity contribution in [3.05, 3.63) is 52.8 Å². The molecule has 1 heterocycles. The van der Waals surface area contributed by atoms with E-state index in [1.165, 1.54) is 11.1 Å². The fraction of sp³-hybridized carbons (Fsp3) is 0.0833. The van der Waals surface area contributed by atoms with Gasteiger partial charge in [-0.05, 0) is 30.2 Å². The number of rotatable bonds is 1. The van der Waals surface area contributed by atoms with Gasteiger partial charge in [0.15, 0.2) is 0 Å². The lowest BCUT2D eigenvalue weighted by molar-refractivity contribution is 1.30. The van der Waals surface area contributed by atoms with Crippen molar-refractivity contribution >= 4 is 15.9 Å². The summed E-state index contributed by atoms with van der Waals surface area (Å²) < 4.78 is 1.12. The van der Waals surface area contributed by atoms with Gasteiger partial charge in [-0.2, -0.15) is 0 Å². The van der Waals surface area contributed by atoms with E-state index < -0.39 is 0 Å². The van der Waals surface area contributed by atoms with Crippen molar-refractivity contribution in [3.63, 3.8) is 0 Å². The topological polar surface area (TPSA) is 12.9 Å². The van der Waals surface area contributed by atoms with Crippen LogP contribution in [0.4, 0.5) is 0 Å². The van der Waals surface area contributed by atoms with Gasteiger partial charge in [0.25, 0.3) is 0 Å². The van der Waals surface area contributed by atoms with Gasteiger partial charge in [-0.3, -0.25) is 4.98 Å². The molecule has 0 spiro atoms. The van der Waals surface area contributed by atoms with Crippen LogP contribution in [0.15, 0.2) is 41.0 Å². The molecule has 69 valence electrons. The van der Waals surface area contributed by atoms with Crippen molar-refractivity contribution in [2.24, 2.45) is 0 Å². The van der Waals surface area contributed by atoms with Gasteiger partial charge < -0.3 is 0 Å². The zero-order valence-corrected chi connectivity index (χ0v) is 9.38. The zero-order chi connectivity index (χ0) is 9.97. The lowest BCUT2D eigenvalue weighted by Crippen LogP contribution is -1.85. The SMILES string of the molecule is Cc1c(Br)cccc1-c1[c]nccc1. The third-order valence-electron chi connectivity index (χ3n) is 2.17. The molecule has 2 heteroatoms. The molecule has 1 radical (unpaired) electrons. The van der Waals surface area contributed by atoms with Crippen LogP contribution in [0.25, 0.3) is 11.1 Å². The number of hydrogen-bond acceptors (Lipinski definition) is 1. The average Bonchev–Trinajstić information content (AvgIpc) is 2.23. The van der Waals surface area contributed by atoms with Crippen molar-refractivity contribution in [2.75, 3.05) is 0 Å². The van der Waals surface area contributed by atoms with Gasteiger partial charge in [0, 0.05) is 16.2 Å². The summed E-state index contributed by atoms with van der Waals surface area (Å²) in [6.45, 7) is 2.08. The van der Waals surface area contributed by atoms with Crippen LogP contribution in [0.1, 0.15) is 5.56 Å². The highest BCUT2D eigenvalue weighted by atomic mass is 79.9. The summed E-state index contributed by atoms with van der Waals surface area (Å²) >= 11 is 3.51. The maximum Gasteiger partial charge on any atom is 0.0970 e. The number of aromatic nitrogens is 1. The van der Waals surface area contributed by atoms with Crippen molar-refractivity contribution < 1.29 is 0 Å². The monoisotopic (exact) mass is 246 g/mol. The third kappa shape index (κ3) is 1.70. The molecule has 1 nitrogen and oxygen atoms in total. The zero-order valence-electron chi connectivity index (χ0n) is 7.79. The number of pyridine rings is 1. The summed E-state index contributed by atoms with van der Waals surface area (Å²) in [6, 6.07) is 10.1. The fourth-order valence-electron chi connectivity index (χ4n) is 1.38. The maximum atomic E-state index is 3.99. The predicted octanol–water partition coefficient (Wildman–Crippen LogP) is 3.62. The molecule has 0 fully saturated rings. The van der Waals surface area contributed by atoms with E-state index in [9.17, 15) is 0 Å². The molecule has 0 amide bonds. The van der Waals surface area contributed by atoms with Gasteiger partial charge in [0.1, 0.15) is 0 Å². The second kappa shape index (κ2) is 3.93. The second-order valence-corrected chi connectivity index (χ2v) is 3.93. The van der Waals surface area contributed by atoms with Gasteiger partial charge in [0.05, 0.1) is 6.20 Å². The van der Waals surface area contributed by atoms with Crippen molar-refractivity contribution in [1.29, 1.82) is 0 Å². The molecule has 14 heavy (non-hydrogen) atoms. The Morgan fingerprint density at radius 2 is 2.07 bits per heavy atom. The molecule has 2 aromatic rings. The lowest BCUT2D eigenvalue weighted by Gasteiger charge is -2.06. The van der Waals surface area contributed by atoms with E-state index >= 15 is 0 Å². The van der Waals surface area contributed by atoms with Crippen molar-refractivity contribution in [3.8, 4) is 11.1 Å². The van der Waals surface area contributed by atoms with E-state index in [-0.39, 0.29) is 0 Å². The van der Waals surface area contributed by atoms with Gasteiger partial charge >= 0.3 is 0 Å². The minimum absolute atomic E-state index is 1.03. The Labute approximate surface area is 91.9 Å². The molecule has 0 aliphatic heterocycles. The Morgan fingerprint density at radius 1 is 1.21 bits per heavy atom. The molecule has 0 aliphatic rings. The molecular weight excluding hydrogens is 238 g/mol. The highest BCUT2D eigenvalue weighted by Gasteiger charge is 2.03. The van der Waals surface area contributed by atoms with Gasteiger partial charge in [-0.1, -0.05) is 34.1 Å². The summed E-state index contributed by atoms with van der Waals surface area (Å²) in [5.74, 6) is 0. The smallest absolute Gasteiger partial charge is 0.0970 e. The van der Waals surface area contributed by atoms with Crippen LogP contribution < -0.4 is 0 Å². The summed E-state index contributed by atoms with van der Waals surface area (Å²) in [5.41, 5.74) is 3.43. The maximum absolute atomic E-state index is 3.99. The molecular formula is C12H9BrN. The van der Waals surface area contributed by atoms with Gasteiger partial charge in [-0.25, -0.2) is 0 Å². The van der Waals surface area contributed by atoms with E-state index in [0.29, 0.717) is 0 Å². The van der Waals surface area contributed by atoms with E-state index in [1.54, 1.807) is 6.20 Å². The first-order chi connectivity index (χ1) is 6.79. The highest BCUT2D eigenvalue weighted by molar-refractivity contribution is 9.10. The van der Waals surface area contributed by atoms with Crippen LogP contribution in [-0.2, 0) is 0 Å². The Kier molecular flexibility index (Phi) is 2.64. The summed E-state index contributed by atoms with van der Waals surface area (Å²) in [7, 11) is 0.